The molecule has 0 spiro atoms. The summed E-state index contributed by atoms with van der Waals surface area (Å²) in [5.41, 5.74) is 1.17. The van der Waals surface area contributed by atoms with Crippen molar-refractivity contribution in [2.45, 2.75) is 49.8 Å². The second kappa shape index (κ2) is 8.33. The third kappa shape index (κ3) is 4.81. The molecule has 0 bridgehead atoms. The molecule has 166 valence electrons. The number of benzene rings is 2. The number of aliphatic hydroxyl groups is 1. The number of sulfonamides is 1. The topological polar surface area (TPSA) is 86.7 Å². The minimum absolute atomic E-state index is 0.317. The largest absolute Gasteiger partial charge is 0.380 e. The summed E-state index contributed by atoms with van der Waals surface area (Å²) < 4.78 is 40.1. The van der Waals surface area contributed by atoms with Crippen LogP contribution >= 0.6 is 0 Å². The van der Waals surface area contributed by atoms with E-state index in [1.807, 2.05) is 30.3 Å². The Morgan fingerprint density at radius 2 is 1.87 bits per heavy atom. The van der Waals surface area contributed by atoms with Crippen molar-refractivity contribution < 1.29 is 22.7 Å². The summed E-state index contributed by atoms with van der Waals surface area (Å²) >= 11 is 0. The first kappa shape index (κ1) is 21.9. The maximum absolute atomic E-state index is 13.6. The molecule has 31 heavy (non-hydrogen) atoms. The number of nitrogens with one attached hydrogen (secondary N) is 1. The SMILES string of the molecule is CS(=O)(=O)N[C@H]1CCN(C(=O)C2(O)CCC2)[C@H]1Cc1cccc(-c2cccc(F)c2)c1. The predicted octanol–water partition coefficient (Wildman–Crippen LogP) is 2.47. The van der Waals surface area contributed by atoms with Gasteiger partial charge in [-0.3, -0.25) is 4.79 Å². The highest BCUT2D eigenvalue weighted by molar-refractivity contribution is 7.88. The maximum Gasteiger partial charge on any atom is 0.254 e. The highest BCUT2D eigenvalue weighted by Gasteiger charge is 2.49. The van der Waals surface area contributed by atoms with Crippen LogP contribution < -0.4 is 4.72 Å². The first-order chi connectivity index (χ1) is 14.6. The normalized spacial score (nSPS) is 22.9. The fourth-order valence-electron chi connectivity index (χ4n) is 4.55. The molecule has 4 rings (SSSR count). The number of likely N-dealkylation sites (tertiary alicyclic amines) is 1. The van der Waals surface area contributed by atoms with Crippen LogP contribution in [0.4, 0.5) is 4.39 Å². The van der Waals surface area contributed by atoms with Crippen LogP contribution in [0, 0.1) is 5.82 Å². The van der Waals surface area contributed by atoms with Gasteiger partial charge in [0.15, 0.2) is 0 Å². The van der Waals surface area contributed by atoms with Gasteiger partial charge in [-0.05, 0) is 60.9 Å². The summed E-state index contributed by atoms with van der Waals surface area (Å²) in [6, 6.07) is 13.1. The van der Waals surface area contributed by atoms with Gasteiger partial charge in [0, 0.05) is 12.6 Å². The Balaban J connectivity index is 1.61. The number of halogens is 1. The van der Waals surface area contributed by atoms with Gasteiger partial charge in [-0.15, -0.1) is 0 Å². The van der Waals surface area contributed by atoms with Gasteiger partial charge in [0.05, 0.1) is 12.3 Å². The van der Waals surface area contributed by atoms with Crippen LogP contribution in [0.1, 0.15) is 31.2 Å². The Labute approximate surface area is 182 Å². The monoisotopic (exact) mass is 446 g/mol. The number of nitrogens with zero attached hydrogens (tertiary/aromatic N) is 1. The van der Waals surface area contributed by atoms with Crippen molar-refractivity contribution in [1.29, 1.82) is 0 Å². The predicted molar refractivity (Wildman–Crippen MR) is 116 cm³/mol. The molecular weight excluding hydrogens is 419 g/mol. The molecular formula is C23H27FN2O4S. The molecule has 6 nitrogen and oxygen atoms in total. The number of rotatable bonds is 6. The third-order valence-corrected chi connectivity index (χ3v) is 7.01. The molecule has 1 aliphatic heterocycles. The lowest BCUT2D eigenvalue weighted by Gasteiger charge is -2.40. The van der Waals surface area contributed by atoms with Gasteiger partial charge < -0.3 is 10.0 Å². The molecule has 2 N–H and O–H groups in total. The Morgan fingerprint density at radius 1 is 1.19 bits per heavy atom. The zero-order valence-electron chi connectivity index (χ0n) is 17.4. The molecule has 8 heteroatoms. The minimum Gasteiger partial charge on any atom is -0.380 e. The minimum atomic E-state index is -3.46. The Hall–Kier alpha value is -2.29. The second-order valence-corrected chi connectivity index (χ2v) is 10.4. The van der Waals surface area contributed by atoms with Crippen molar-refractivity contribution in [2.24, 2.45) is 0 Å². The van der Waals surface area contributed by atoms with Crippen molar-refractivity contribution in [2.75, 3.05) is 12.8 Å². The van der Waals surface area contributed by atoms with Gasteiger partial charge in [0.1, 0.15) is 11.4 Å². The zero-order chi connectivity index (χ0) is 22.2. The van der Waals surface area contributed by atoms with E-state index in [0.29, 0.717) is 32.2 Å². The number of hydrogen-bond donors (Lipinski definition) is 2. The summed E-state index contributed by atoms with van der Waals surface area (Å²) in [5.74, 6) is -0.635. The molecule has 2 aromatic rings. The van der Waals surface area contributed by atoms with Gasteiger partial charge in [-0.2, -0.15) is 0 Å². The maximum atomic E-state index is 13.6. The van der Waals surface area contributed by atoms with Crippen LogP contribution in [0.2, 0.25) is 0 Å². The third-order valence-electron chi connectivity index (χ3n) is 6.28. The van der Waals surface area contributed by atoms with Crippen LogP contribution in [-0.2, 0) is 21.2 Å². The van der Waals surface area contributed by atoms with Crippen molar-refractivity contribution in [3.05, 3.63) is 59.9 Å². The molecule has 1 heterocycles. The van der Waals surface area contributed by atoms with Crippen molar-refractivity contribution >= 4 is 15.9 Å². The van der Waals surface area contributed by atoms with E-state index in [0.717, 1.165) is 29.4 Å². The standard InChI is InChI=1S/C23H27FN2O4S/c1-31(29,30)25-20-9-12-26(22(27)23(28)10-4-11-23)21(20)14-16-5-2-6-17(13-16)18-7-3-8-19(24)15-18/h2-3,5-8,13,15,20-21,25,28H,4,9-12,14H2,1H3/t20-,21-/m0/s1. The molecule has 0 unspecified atom stereocenters. The summed E-state index contributed by atoms with van der Waals surface area (Å²) in [6.45, 7) is 0.391. The van der Waals surface area contributed by atoms with E-state index in [-0.39, 0.29) is 11.7 Å². The van der Waals surface area contributed by atoms with E-state index in [1.165, 1.54) is 12.1 Å². The quantitative estimate of drug-likeness (QED) is 0.714. The molecule has 1 aliphatic carbocycles. The van der Waals surface area contributed by atoms with Gasteiger partial charge in [-0.1, -0.05) is 36.4 Å². The molecule has 2 aliphatic rings. The second-order valence-electron chi connectivity index (χ2n) is 8.65. The fourth-order valence-corrected chi connectivity index (χ4v) is 5.38. The van der Waals surface area contributed by atoms with E-state index >= 15 is 0 Å². The summed E-state index contributed by atoms with van der Waals surface area (Å²) in [4.78, 5) is 14.7. The van der Waals surface area contributed by atoms with Crippen molar-refractivity contribution in [3.63, 3.8) is 0 Å². The highest BCUT2D eigenvalue weighted by atomic mass is 32.2. The molecule has 2 atom stereocenters. The van der Waals surface area contributed by atoms with Crippen LogP contribution in [0.3, 0.4) is 0 Å². The Kier molecular flexibility index (Phi) is 5.89. The van der Waals surface area contributed by atoms with E-state index in [1.54, 1.807) is 11.0 Å². The van der Waals surface area contributed by atoms with E-state index in [2.05, 4.69) is 4.72 Å². The molecule has 0 aromatic heterocycles. The number of carbonyl (C=O) groups excluding carboxylic acids is 1. The van der Waals surface area contributed by atoms with Gasteiger partial charge in [0.2, 0.25) is 10.0 Å². The zero-order valence-corrected chi connectivity index (χ0v) is 18.2. The average molecular weight is 447 g/mol. The fraction of sp³-hybridized carbons (Fsp3) is 0.435. The molecule has 1 saturated carbocycles. The van der Waals surface area contributed by atoms with Crippen molar-refractivity contribution in [3.8, 4) is 11.1 Å². The van der Waals surface area contributed by atoms with Gasteiger partial charge in [0.25, 0.3) is 5.91 Å². The van der Waals surface area contributed by atoms with Crippen LogP contribution in [0.5, 0.6) is 0 Å². The number of carbonyl (C=O) groups is 1. The summed E-state index contributed by atoms with van der Waals surface area (Å²) in [7, 11) is -3.46. The van der Waals surface area contributed by atoms with E-state index in [9.17, 15) is 22.7 Å². The van der Waals surface area contributed by atoms with E-state index < -0.39 is 27.7 Å². The smallest absolute Gasteiger partial charge is 0.254 e. The van der Waals surface area contributed by atoms with Gasteiger partial charge in [-0.25, -0.2) is 17.5 Å². The molecule has 2 aromatic carbocycles. The van der Waals surface area contributed by atoms with Crippen LogP contribution in [0.25, 0.3) is 11.1 Å². The van der Waals surface area contributed by atoms with E-state index in [4.69, 9.17) is 0 Å². The Bertz CT molecular complexity index is 1080. The molecule has 2 fully saturated rings. The average Bonchev–Trinajstić information content (AvgIpc) is 3.06. The highest BCUT2D eigenvalue weighted by Crippen LogP contribution is 2.36. The number of hydrogen-bond acceptors (Lipinski definition) is 4. The summed E-state index contributed by atoms with van der Waals surface area (Å²) in [5, 5.41) is 10.6. The Morgan fingerprint density at radius 3 is 2.48 bits per heavy atom. The lowest BCUT2D eigenvalue weighted by molar-refractivity contribution is -0.161. The van der Waals surface area contributed by atoms with Crippen molar-refractivity contribution in [1.82, 2.24) is 9.62 Å². The molecule has 0 radical (unpaired) electrons. The van der Waals surface area contributed by atoms with Crippen LogP contribution in [0.15, 0.2) is 48.5 Å². The summed E-state index contributed by atoms with van der Waals surface area (Å²) in [6.07, 6.45) is 3.71. The molecule has 1 amide bonds. The molecule has 1 saturated heterocycles. The van der Waals surface area contributed by atoms with Gasteiger partial charge >= 0.3 is 0 Å². The first-order valence-electron chi connectivity index (χ1n) is 10.5. The number of amides is 1. The first-order valence-corrected chi connectivity index (χ1v) is 12.4. The lowest BCUT2D eigenvalue weighted by Crippen LogP contribution is -2.57. The lowest BCUT2D eigenvalue weighted by atomic mass is 9.79. The van der Waals surface area contributed by atoms with Crippen LogP contribution in [-0.4, -0.2) is 54.8 Å².